The molecule has 3 nitrogen and oxygen atoms in total. The molecule has 0 aliphatic carbocycles. The smallest absolute Gasteiger partial charge is 0.212 e. The largest absolute Gasteiger partial charge is 0.250 e. The lowest BCUT2D eigenvalue weighted by atomic mass is 10.1. The summed E-state index contributed by atoms with van der Waals surface area (Å²) in [6.45, 7) is 3.50. The lowest BCUT2D eigenvalue weighted by molar-refractivity contribution is -0.0412. The molecule has 0 unspecified atom stereocenters. The lowest BCUT2D eigenvalue weighted by Gasteiger charge is -2.31. The van der Waals surface area contributed by atoms with E-state index in [-0.39, 0.29) is 37.6 Å². The van der Waals surface area contributed by atoms with Crippen LogP contribution in [-0.4, -0.2) is 37.5 Å². The van der Waals surface area contributed by atoms with Crippen molar-refractivity contribution in [2.24, 2.45) is 5.92 Å². The minimum Gasteiger partial charge on any atom is -0.212 e. The Hall–Kier alpha value is -0.230. The molecule has 0 saturated carbocycles. The van der Waals surface area contributed by atoms with Crippen molar-refractivity contribution in [3.63, 3.8) is 0 Å². The molecule has 0 radical (unpaired) electrons. The van der Waals surface area contributed by atoms with Gasteiger partial charge in [-0.2, -0.15) is 0 Å². The second-order valence-corrected chi connectivity index (χ2v) is 6.44. The van der Waals surface area contributed by atoms with Crippen LogP contribution in [0.4, 0.5) is 8.78 Å². The van der Waals surface area contributed by atoms with Crippen molar-refractivity contribution in [2.75, 3.05) is 18.8 Å². The van der Waals surface area contributed by atoms with E-state index in [2.05, 4.69) is 0 Å². The summed E-state index contributed by atoms with van der Waals surface area (Å²) in [6.07, 6.45) is -0.714. The molecule has 0 spiro atoms. The molecule has 15 heavy (non-hydrogen) atoms. The Morgan fingerprint density at radius 1 is 1.27 bits per heavy atom. The molecule has 1 heterocycles. The third-order valence-corrected chi connectivity index (χ3v) is 4.63. The third-order valence-electron chi connectivity index (χ3n) is 2.39. The van der Waals surface area contributed by atoms with Crippen LogP contribution in [0.2, 0.25) is 0 Å². The van der Waals surface area contributed by atoms with Crippen molar-refractivity contribution >= 4 is 10.0 Å². The summed E-state index contributed by atoms with van der Waals surface area (Å²) in [4.78, 5) is 0. The Bertz CT molecular complexity index is 304. The van der Waals surface area contributed by atoms with Crippen LogP contribution >= 0.6 is 0 Å². The number of hydrogen-bond acceptors (Lipinski definition) is 2. The Balaban J connectivity index is 2.60. The quantitative estimate of drug-likeness (QED) is 0.754. The van der Waals surface area contributed by atoms with E-state index >= 15 is 0 Å². The highest BCUT2D eigenvalue weighted by Crippen LogP contribution is 2.29. The van der Waals surface area contributed by atoms with Gasteiger partial charge in [-0.05, 0) is 5.92 Å². The number of rotatable bonds is 3. The Labute approximate surface area is 89.5 Å². The number of alkyl halides is 2. The molecular weight excluding hydrogens is 224 g/mol. The van der Waals surface area contributed by atoms with Crippen LogP contribution in [0.1, 0.15) is 26.7 Å². The molecule has 1 aliphatic rings. The Morgan fingerprint density at radius 3 is 2.13 bits per heavy atom. The first-order valence-corrected chi connectivity index (χ1v) is 6.69. The molecule has 6 heteroatoms. The highest BCUT2D eigenvalue weighted by atomic mass is 32.2. The van der Waals surface area contributed by atoms with Crippen molar-refractivity contribution in [1.29, 1.82) is 0 Å². The van der Waals surface area contributed by atoms with Gasteiger partial charge in [-0.1, -0.05) is 13.8 Å². The van der Waals surface area contributed by atoms with E-state index in [0.717, 1.165) is 0 Å². The fourth-order valence-electron chi connectivity index (χ4n) is 1.62. The maximum Gasteiger partial charge on any atom is 0.250 e. The van der Waals surface area contributed by atoms with Gasteiger partial charge in [-0.3, -0.25) is 0 Å². The zero-order valence-corrected chi connectivity index (χ0v) is 9.86. The van der Waals surface area contributed by atoms with Gasteiger partial charge in [0.1, 0.15) is 0 Å². The highest BCUT2D eigenvalue weighted by Gasteiger charge is 2.37. The molecule has 0 atom stereocenters. The lowest BCUT2D eigenvalue weighted by Crippen LogP contribution is -2.44. The molecule has 0 aromatic heterocycles. The molecule has 1 fully saturated rings. The maximum atomic E-state index is 12.8. The molecule has 90 valence electrons. The van der Waals surface area contributed by atoms with Crippen molar-refractivity contribution < 1.29 is 17.2 Å². The van der Waals surface area contributed by atoms with Gasteiger partial charge in [0.2, 0.25) is 10.0 Å². The van der Waals surface area contributed by atoms with Crippen LogP contribution in [0.15, 0.2) is 0 Å². The summed E-state index contributed by atoms with van der Waals surface area (Å²) < 4.78 is 50.2. The van der Waals surface area contributed by atoms with Crippen LogP contribution in [0, 0.1) is 5.92 Å². The maximum absolute atomic E-state index is 12.8. The first kappa shape index (κ1) is 12.8. The summed E-state index contributed by atoms with van der Waals surface area (Å²) in [5, 5.41) is 0. The predicted octanol–water partition coefficient (Wildman–Crippen LogP) is 1.70. The molecule has 0 bridgehead atoms. The van der Waals surface area contributed by atoms with Gasteiger partial charge in [0, 0.05) is 25.9 Å². The molecule has 0 N–H and O–H groups in total. The fourth-order valence-corrected chi connectivity index (χ4v) is 3.41. The molecule has 0 amide bonds. The van der Waals surface area contributed by atoms with Crippen LogP contribution in [0.5, 0.6) is 0 Å². The summed E-state index contributed by atoms with van der Waals surface area (Å²) in [6, 6.07) is 0. The van der Waals surface area contributed by atoms with Gasteiger partial charge in [-0.25, -0.2) is 21.5 Å². The third kappa shape index (κ3) is 3.68. The first-order chi connectivity index (χ1) is 6.73. The number of hydrogen-bond donors (Lipinski definition) is 0. The van der Waals surface area contributed by atoms with E-state index in [1.54, 1.807) is 13.8 Å². The van der Waals surface area contributed by atoms with Crippen molar-refractivity contribution in [3.8, 4) is 0 Å². The average molecular weight is 241 g/mol. The Morgan fingerprint density at radius 2 is 1.73 bits per heavy atom. The molecule has 1 rings (SSSR count). The summed E-state index contributed by atoms with van der Waals surface area (Å²) in [5.74, 6) is -2.62. The van der Waals surface area contributed by atoms with E-state index in [9.17, 15) is 17.2 Å². The van der Waals surface area contributed by atoms with Gasteiger partial charge in [-0.15, -0.1) is 0 Å². The topological polar surface area (TPSA) is 37.4 Å². The van der Waals surface area contributed by atoms with Crippen LogP contribution < -0.4 is 0 Å². The predicted molar refractivity (Wildman–Crippen MR) is 54.4 cm³/mol. The van der Waals surface area contributed by atoms with Crippen LogP contribution in [0.3, 0.4) is 0 Å². The molecule has 0 aromatic rings. The molecule has 1 saturated heterocycles. The van der Waals surface area contributed by atoms with Gasteiger partial charge in [0.05, 0.1) is 5.75 Å². The van der Waals surface area contributed by atoms with E-state index < -0.39 is 15.9 Å². The van der Waals surface area contributed by atoms with Gasteiger partial charge in [0.15, 0.2) is 0 Å². The number of nitrogens with zero attached hydrogens (tertiary/aromatic N) is 1. The minimum absolute atomic E-state index is 0.0254. The normalized spacial score (nSPS) is 23.3. The second-order valence-electron chi connectivity index (χ2n) is 4.43. The number of halogens is 2. The summed E-state index contributed by atoms with van der Waals surface area (Å²) >= 11 is 0. The fraction of sp³-hybridized carbons (Fsp3) is 1.00. The SMILES string of the molecule is CC(C)CS(=O)(=O)N1CCC(F)(F)CC1. The monoisotopic (exact) mass is 241 g/mol. The van der Waals surface area contributed by atoms with Crippen molar-refractivity contribution in [1.82, 2.24) is 4.31 Å². The standard InChI is InChI=1S/C9H17F2NO2S/c1-8(2)7-15(13,14)12-5-3-9(10,11)4-6-12/h8H,3-7H2,1-2H3. The second kappa shape index (κ2) is 4.33. The van der Waals surface area contributed by atoms with E-state index in [1.807, 2.05) is 0 Å². The van der Waals surface area contributed by atoms with Gasteiger partial charge in [0.25, 0.3) is 5.92 Å². The zero-order valence-electron chi connectivity index (χ0n) is 9.04. The van der Waals surface area contributed by atoms with Crippen LogP contribution in [0.25, 0.3) is 0 Å². The zero-order chi connectivity index (χ0) is 11.7. The van der Waals surface area contributed by atoms with Gasteiger partial charge >= 0.3 is 0 Å². The van der Waals surface area contributed by atoms with E-state index in [1.165, 1.54) is 4.31 Å². The van der Waals surface area contributed by atoms with Gasteiger partial charge < -0.3 is 0 Å². The summed E-state index contributed by atoms with van der Waals surface area (Å²) in [7, 11) is -3.33. The summed E-state index contributed by atoms with van der Waals surface area (Å²) in [5.41, 5.74) is 0. The van der Waals surface area contributed by atoms with Crippen molar-refractivity contribution in [2.45, 2.75) is 32.6 Å². The molecular formula is C9H17F2NO2S. The highest BCUT2D eigenvalue weighted by molar-refractivity contribution is 7.89. The molecule has 1 aliphatic heterocycles. The average Bonchev–Trinajstić information content (AvgIpc) is 2.00. The number of sulfonamides is 1. The minimum atomic E-state index is -3.33. The van der Waals surface area contributed by atoms with Crippen LogP contribution in [-0.2, 0) is 10.0 Å². The van der Waals surface area contributed by atoms with E-state index in [0.29, 0.717) is 0 Å². The molecule has 0 aromatic carbocycles. The Kier molecular flexibility index (Phi) is 3.71. The van der Waals surface area contributed by atoms with Crippen molar-refractivity contribution in [3.05, 3.63) is 0 Å². The first-order valence-electron chi connectivity index (χ1n) is 5.09. The number of piperidine rings is 1. The van der Waals surface area contributed by atoms with E-state index in [4.69, 9.17) is 0 Å².